The van der Waals surface area contributed by atoms with Crippen LogP contribution in [0.1, 0.15) is 11.4 Å². The summed E-state index contributed by atoms with van der Waals surface area (Å²) in [6.07, 6.45) is 3.81. The van der Waals surface area contributed by atoms with Crippen LogP contribution in [-0.2, 0) is 22.2 Å². The van der Waals surface area contributed by atoms with Crippen LogP contribution in [0.3, 0.4) is 0 Å². The van der Waals surface area contributed by atoms with Crippen LogP contribution in [0, 0.1) is 0 Å². The summed E-state index contributed by atoms with van der Waals surface area (Å²) in [7, 11) is -1.72. The van der Waals surface area contributed by atoms with Crippen LogP contribution in [0.25, 0.3) is 0 Å². The Kier molecular flexibility index (Phi) is 4.81. The lowest BCUT2D eigenvalue weighted by Crippen LogP contribution is -2.30. The van der Waals surface area contributed by atoms with E-state index in [1.807, 2.05) is 30.3 Å². The third-order valence-electron chi connectivity index (χ3n) is 2.94. The number of benzene rings is 1. The van der Waals surface area contributed by atoms with Gasteiger partial charge in [0.05, 0.1) is 5.75 Å². The largest absolute Gasteiger partial charge is 0.241 e. The molecule has 0 unspecified atom stereocenters. The molecule has 6 heteroatoms. The molecule has 2 rings (SSSR count). The fourth-order valence-electron chi connectivity index (χ4n) is 1.75. The predicted octanol–water partition coefficient (Wildman–Crippen LogP) is 1.48. The van der Waals surface area contributed by atoms with Gasteiger partial charge in [0.25, 0.3) is 0 Å². The molecule has 0 fully saturated rings. The van der Waals surface area contributed by atoms with Crippen molar-refractivity contribution in [3.05, 3.63) is 60.2 Å². The highest BCUT2D eigenvalue weighted by molar-refractivity contribution is 7.88. The smallest absolute Gasteiger partial charge is 0.218 e. The van der Waals surface area contributed by atoms with E-state index in [-0.39, 0.29) is 5.75 Å². The first-order valence-corrected chi connectivity index (χ1v) is 7.93. The van der Waals surface area contributed by atoms with E-state index in [2.05, 4.69) is 9.97 Å². The van der Waals surface area contributed by atoms with Crippen molar-refractivity contribution < 1.29 is 8.42 Å². The van der Waals surface area contributed by atoms with Gasteiger partial charge in [-0.3, -0.25) is 0 Å². The van der Waals surface area contributed by atoms with E-state index in [0.717, 1.165) is 5.56 Å². The first kappa shape index (κ1) is 14.6. The molecule has 2 aromatic rings. The van der Waals surface area contributed by atoms with Gasteiger partial charge in [-0.15, -0.1) is 0 Å². The molecule has 0 radical (unpaired) electrons. The molecule has 5 nitrogen and oxygen atoms in total. The van der Waals surface area contributed by atoms with Crippen molar-refractivity contribution in [1.29, 1.82) is 0 Å². The second-order valence-electron chi connectivity index (χ2n) is 4.48. The minimum absolute atomic E-state index is 0.0139. The van der Waals surface area contributed by atoms with Crippen LogP contribution in [0.2, 0.25) is 0 Å². The number of sulfonamides is 1. The fraction of sp³-hybridized carbons (Fsp3) is 0.286. The molecule has 0 aliphatic heterocycles. The van der Waals surface area contributed by atoms with Crippen molar-refractivity contribution >= 4 is 10.0 Å². The second kappa shape index (κ2) is 6.58. The molecule has 1 heterocycles. The van der Waals surface area contributed by atoms with Crippen LogP contribution in [-0.4, -0.2) is 36.3 Å². The first-order valence-electron chi connectivity index (χ1n) is 6.32. The number of nitrogens with zero attached hydrogens (tertiary/aromatic N) is 3. The van der Waals surface area contributed by atoms with Crippen LogP contribution in [0.4, 0.5) is 0 Å². The summed E-state index contributed by atoms with van der Waals surface area (Å²) in [5, 5.41) is 0. The van der Waals surface area contributed by atoms with Gasteiger partial charge in [0, 0.05) is 32.4 Å². The molecule has 1 aromatic heterocycles. The predicted molar refractivity (Wildman–Crippen MR) is 77.4 cm³/mol. The van der Waals surface area contributed by atoms with E-state index in [4.69, 9.17) is 0 Å². The quantitative estimate of drug-likeness (QED) is 0.808. The molecule has 0 aliphatic rings. The Balaban J connectivity index is 1.95. The maximum atomic E-state index is 12.2. The number of rotatable bonds is 6. The Labute approximate surface area is 119 Å². The molecular formula is C14H17N3O2S. The molecule has 0 aliphatic carbocycles. The van der Waals surface area contributed by atoms with Gasteiger partial charge in [-0.2, -0.15) is 0 Å². The minimum atomic E-state index is -3.31. The molecule has 0 bridgehead atoms. The summed E-state index contributed by atoms with van der Waals surface area (Å²) < 4.78 is 25.8. The van der Waals surface area contributed by atoms with Crippen molar-refractivity contribution in [2.24, 2.45) is 0 Å². The highest BCUT2D eigenvalue weighted by Crippen LogP contribution is 2.09. The lowest BCUT2D eigenvalue weighted by atomic mass is 10.2. The highest BCUT2D eigenvalue weighted by Gasteiger charge is 2.18. The number of hydrogen-bond donors (Lipinski definition) is 0. The van der Waals surface area contributed by atoms with Gasteiger partial charge in [0.15, 0.2) is 0 Å². The highest BCUT2D eigenvalue weighted by atomic mass is 32.2. The Morgan fingerprint density at radius 2 is 1.70 bits per heavy atom. The van der Waals surface area contributed by atoms with Crippen LogP contribution in [0.15, 0.2) is 48.8 Å². The van der Waals surface area contributed by atoms with Gasteiger partial charge in [0.1, 0.15) is 5.82 Å². The number of likely N-dealkylation sites (N-methyl/N-ethyl adjacent to an activating group) is 1. The zero-order valence-electron chi connectivity index (χ0n) is 11.3. The lowest BCUT2D eigenvalue weighted by Gasteiger charge is -2.16. The van der Waals surface area contributed by atoms with E-state index < -0.39 is 10.0 Å². The molecule has 0 saturated heterocycles. The normalized spacial score (nSPS) is 11.7. The Bertz CT molecular complexity index is 630. The Morgan fingerprint density at radius 1 is 1.05 bits per heavy atom. The van der Waals surface area contributed by atoms with E-state index in [1.54, 1.807) is 25.5 Å². The first-order chi connectivity index (χ1) is 9.58. The molecule has 0 N–H and O–H groups in total. The third kappa shape index (κ3) is 4.11. The van der Waals surface area contributed by atoms with Crippen molar-refractivity contribution in [2.75, 3.05) is 13.6 Å². The lowest BCUT2D eigenvalue weighted by molar-refractivity contribution is 0.468. The van der Waals surface area contributed by atoms with Crippen molar-refractivity contribution in [3.8, 4) is 0 Å². The van der Waals surface area contributed by atoms with Gasteiger partial charge in [-0.05, 0) is 11.6 Å². The number of hydrogen-bond acceptors (Lipinski definition) is 4. The SMILES string of the molecule is CN(CCc1ncccn1)S(=O)(=O)Cc1ccccc1. The topological polar surface area (TPSA) is 63.2 Å². The standard InChI is InChI=1S/C14H17N3O2S/c1-17(11-8-14-15-9-5-10-16-14)20(18,19)12-13-6-3-2-4-7-13/h2-7,9-10H,8,11-12H2,1H3. The zero-order chi connectivity index (χ0) is 14.4. The van der Waals surface area contributed by atoms with Gasteiger partial charge in [-0.1, -0.05) is 30.3 Å². The Morgan fingerprint density at radius 3 is 2.35 bits per heavy atom. The van der Waals surface area contributed by atoms with Crippen molar-refractivity contribution in [2.45, 2.75) is 12.2 Å². The van der Waals surface area contributed by atoms with Gasteiger partial charge in [-0.25, -0.2) is 22.7 Å². The molecular weight excluding hydrogens is 274 g/mol. The minimum Gasteiger partial charge on any atom is -0.241 e. The number of aromatic nitrogens is 2. The van der Waals surface area contributed by atoms with E-state index in [1.165, 1.54) is 4.31 Å². The van der Waals surface area contributed by atoms with Gasteiger partial charge < -0.3 is 0 Å². The van der Waals surface area contributed by atoms with E-state index in [0.29, 0.717) is 18.8 Å². The van der Waals surface area contributed by atoms with E-state index >= 15 is 0 Å². The van der Waals surface area contributed by atoms with Crippen molar-refractivity contribution in [1.82, 2.24) is 14.3 Å². The maximum Gasteiger partial charge on any atom is 0.218 e. The van der Waals surface area contributed by atoms with Crippen molar-refractivity contribution in [3.63, 3.8) is 0 Å². The third-order valence-corrected chi connectivity index (χ3v) is 4.77. The molecule has 0 spiro atoms. The average Bonchev–Trinajstić information content (AvgIpc) is 2.46. The molecule has 1 aromatic carbocycles. The van der Waals surface area contributed by atoms with Crippen LogP contribution in [0.5, 0.6) is 0 Å². The summed E-state index contributed by atoms with van der Waals surface area (Å²) in [6.45, 7) is 0.374. The van der Waals surface area contributed by atoms with E-state index in [9.17, 15) is 8.42 Å². The Hall–Kier alpha value is -1.79. The summed E-state index contributed by atoms with van der Waals surface area (Å²) in [4.78, 5) is 8.17. The summed E-state index contributed by atoms with van der Waals surface area (Å²) in [6, 6.07) is 10.9. The monoisotopic (exact) mass is 291 g/mol. The summed E-state index contributed by atoms with van der Waals surface area (Å²) >= 11 is 0. The summed E-state index contributed by atoms with van der Waals surface area (Å²) in [5.74, 6) is 0.661. The molecule has 20 heavy (non-hydrogen) atoms. The zero-order valence-corrected chi connectivity index (χ0v) is 12.1. The molecule has 0 atom stereocenters. The van der Waals surface area contributed by atoms with Crippen LogP contribution < -0.4 is 0 Å². The maximum absolute atomic E-state index is 12.2. The second-order valence-corrected chi connectivity index (χ2v) is 6.55. The molecule has 0 saturated carbocycles. The van der Waals surface area contributed by atoms with Gasteiger partial charge >= 0.3 is 0 Å². The fourth-order valence-corrected chi connectivity index (χ4v) is 2.95. The summed E-state index contributed by atoms with van der Waals surface area (Å²) in [5.41, 5.74) is 0.787. The molecule has 0 amide bonds. The average molecular weight is 291 g/mol. The van der Waals surface area contributed by atoms with Gasteiger partial charge in [0.2, 0.25) is 10.0 Å². The van der Waals surface area contributed by atoms with Crippen LogP contribution >= 0.6 is 0 Å². The molecule has 106 valence electrons.